The van der Waals surface area contributed by atoms with Crippen molar-refractivity contribution in [3.8, 4) is 0 Å². The normalized spacial score (nSPS) is 12.8. The number of halogens is 1. The topological polar surface area (TPSA) is 0 Å². The van der Waals surface area contributed by atoms with Gasteiger partial charge in [-0.3, -0.25) is 0 Å². The van der Waals surface area contributed by atoms with Crippen LogP contribution < -0.4 is 0 Å². The number of hydrogen-bond acceptors (Lipinski definition) is 0. The Kier molecular flexibility index (Phi) is 16.4. The van der Waals surface area contributed by atoms with Crippen molar-refractivity contribution in [2.75, 3.05) is 4.43 Å². The first kappa shape index (κ1) is 18.7. The first-order valence-electron chi connectivity index (χ1n) is 8.37. The van der Waals surface area contributed by atoms with E-state index >= 15 is 0 Å². The lowest BCUT2D eigenvalue weighted by Gasteiger charge is -2.06. The number of hydrogen-bond donors (Lipinski definition) is 0. The van der Waals surface area contributed by atoms with Gasteiger partial charge in [0.15, 0.2) is 0 Å². The summed E-state index contributed by atoms with van der Waals surface area (Å²) in [5.74, 6) is 0.939. The molecule has 0 radical (unpaired) electrons. The largest absolute Gasteiger partial charge is 0.0861 e. The Bertz CT molecular complexity index is 145. The SMILES string of the molecule is CCCCCCCCCCCCCCC(C)CI. The quantitative estimate of drug-likeness (QED) is 0.174. The Morgan fingerprint density at radius 1 is 0.667 bits per heavy atom. The molecule has 0 bridgehead atoms. The van der Waals surface area contributed by atoms with E-state index in [1.807, 2.05) is 0 Å². The molecule has 18 heavy (non-hydrogen) atoms. The van der Waals surface area contributed by atoms with E-state index in [0.717, 1.165) is 5.92 Å². The molecule has 0 aromatic rings. The van der Waals surface area contributed by atoms with E-state index in [-0.39, 0.29) is 0 Å². The van der Waals surface area contributed by atoms with Gasteiger partial charge in [0.1, 0.15) is 0 Å². The average molecular weight is 366 g/mol. The maximum absolute atomic E-state index is 2.51. The van der Waals surface area contributed by atoms with E-state index in [0.29, 0.717) is 0 Å². The molecule has 0 saturated heterocycles. The summed E-state index contributed by atoms with van der Waals surface area (Å²) in [5, 5.41) is 0. The lowest BCUT2D eigenvalue weighted by molar-refractivity contribution is 0.510. The molecule has 0 aliphatic heterocycles. The molecule has 0 amide bonds. The van der Waals surface area contributed by atoms with Crippen molar-refractivity contribution in [1.29, 1.82) is 0 Å². The fourth-order valence-corrected chi connectivity index (χ4v) is 2.85. The highest BCUT2D eigenvalue weighted by Gasteiger charge is 1.98. The van der Waals surface area contributed by atoms with Crippen LogP contribution in [0.25, 0.3) is 0 Å². The molecular weight excluding hydrogens is 331 g/mol. The van der Waals surface area contributed by atoms with E-state index in [9.17, 15) is 0 Å². The maximum Gasteiger partial charge on any atom is 0.00210 e. The fraction of sp³-hybridized carbons (Fsp3) is 1.00. The van der Waals surface area contributed by atoms with Crippen molar-refractivity contribution >= 4 is 22.6 Å². The van der Waals surface area contributed by atoms with E-state index < -0.39 is 0 Å². The van der Waals surface area contributed by atoms with Crippen LogP contribution in [0.4, 0.5) is 0 Å². The lowest BCUT2D eigenvalue weighted by Crippen LogP contribution is -1.94. The fourth-order valence-electron chi connectivity index (χ4n) is 2.41. The number of alkyl halides is 1. The highest BCUT2D eigenvalue weighted by atomic mass is 127. The molecule has 0 aromatic heterocycles. The molecule has 1 heteroatoms. The van der Waals surface area contributed by atoms with Gasteiger partial charge in [0, 0.05) is 4.43 Å². The molecular formula is C17H35I. The van der Waals surface area contributed by atoms with Gasteiger partial charge in [-0.2, -0.15) is 0 Å². The Morgan fingerprint density at radius 3 is 1.44 bits per heavy atom. The van der Waals surface area contributed by atoms with Crippen LogP contribution in [0.1, 0.15) is 97.3 Å². The smallest absolute Gasteiger partial charge is 0.00210 e. The summed E-state index contributed by atoms with van der Waals surface area (Å²) in [6, 6.07) is 0. The molecule has 110 valence electrons. The van der Waals surface area contributed by atoms with Crippen molar-refractivity contribution < 1.29 is 0 Å². The highest BCUT2D eigenvalue weighted by molar-refractivity contribution is 14.1. The van der Waals surface area contributed by atoms with Gasteiger partial charge in [-0.1, -0.05) is 113 Å². The Morgan fingerprint density at radius 2 is 1.06 bits per heavy atom. The van der Waals surface area contributed by atoms with Crippen molar-refractivity contribution in [3.63, 3.8) is 0 Å². The van der Waals surface area contributed by atoms with Crippen LogP contribution in [-0.2, 0) is 0 Å². The van der Waals surface area contributed by atoms with Crippen LogP contribution >= 0.6 is 22.6 Å². The van der Waals surface area contributed by atoms with Gasteiger partial charge >= 0.3 is 0 Å². The van der Waals surface area contributed by atoms with E-state index in [1.54, 1.807) is 0 Å². The molecule has 0 spiro atoms. The summed E-state index contributed by atoms with van der Waals surface area (Å²) >= 11 is 2.51. The molecule has 0 saturated carbocycles. The second kappa shape index (κ2) is 15.8. The first-order valence-corrected chi connectivity index (χ1v) is 9.89. The van der Waals surface area contributed by atoms with Crippen LogP contribution in [0.3, 0.4) is 0 Å². The standard InChI is InChI=1S/C17H35I/c1-3-4-5-6-7-8-9-10-11-12-13-14-15-17(2)16-18/h17H,3-16H2,1-2H3. The zero-order valence-electron chi connectivity index (χ0n) is 12.9. The molecule has 1 unspecified atom stereocenters. The molecule has 0 rings (SSSR count). The first-order chi connectivity index (χ1) is 8.81. The van der Waals surface area contributed by atoms with E-state index in [2.05, 4.69) is 36.4 Å². The zero-order valence-corrected chi connectivity index (χ0v) is 15.0. The third-order valence-corrected chi connectivity index (χ3v) is 5.32. The zero-order chi connectivity index (χ0) is 13.5. The molecule has 0 aromatic carbocycles. The summed E-state index contributed by atoms with van der Waals surface area (Å²) in [4.78, 5) is 0. The monoisotopic (exact) mass is 366 g/mol. The van der Waals surface area contributed by atoms with Crippen LogP contribution in [0.2, 0.25) is 0 Å². The van der Waals surface area contributed by atoms with Gasteiger partial charge in [0.05, 0.1) is 0 Å². The Hall–Kier alpha value is 0.730. The summed E-state index contributed by atoms with van der Waals surface area (Å²) in [6.07, 6.45) is 19.0. The van der Waals surface area contributed by atoms with E-state index in [4.69, 9.17) is 0 Å². The molecule has 1 atom stereocenters. The summed E-state index contributed by atoms with van der Waals surface area (Å²) in [6.45, 7) is 4.67. The summed E-state index contributed by atoms with van der Waals surface area (Å²) < 4.78 is 1.33. The third-order valence-electron chi connectivity index (χ3n) is 3.81. The predicted octanol–water partition coefficient (Wildman–Crippen LogP) is 7.15. The van der Waals surface area contributed by atoms with Crippen LogP contribution in [0, 0.1) is 5.92 Å². The second-order valence-corrected chi connectivity index (χ2v) is 6.82. The third kappa shape index (κ3) is 14.8. The van der Waals surface area contributed by atoms with Crippen LogP contribution in [-0.4, -0.2) is 4.43 Å². The number of rotatable bonds is 14. The van der Waals surface area contributed by atoms with Crippen molar-refractivity contribution in [3.05, 3.63) is 0 Å². The molecule has 0 aliphatic carbocycles. The lowest BCUT2D eigenvalue weighted by atomic mass is 10.0. The van der Waals surface area contributed by atoms with E-state index in [1.165, 1.54) is 87.9 Å². The van der Waals surface area contributed by atoms with Gasteiger partial charge < -0.3 is 0 Å². The minimum Gasteiger partial charge on any atom is -0.0861 e. The maximum atomic E-state index is 2.51. The predicted molar refractivity (Wildman–Crippen MR) is 93.7 cm³/mol. The van der Waals surface area contributed by atoms with Crippen molar-refractivity contribution in [2.45, 2.75) is 97.3 Å². The Labute approximate surface area is 130 Å². The molecule has 0 N–H and O–H groups in total. The molecule has 0 heterocycles. The minimum atomic E-state index is 0.939. The van der Waals surface area contributed by atoms with Crippen molar-refractivity contribution in [2.24, 2.45) is 5.92 Å². The van der Waals surface area contributed by atoms with Gasteiger partial charge in [-0.05, 0) is 12.3 Å². The second-order valence-electron chi connectivity index (χ2n) is 5.94. The van der Waals surface area contributed by atoms with Crippen LogP contribution in [0.5, 0.6) is 0 Å². The molecule has 0 fully saturated rings. The summed E-state index contributed by atoms with van der Waals surface area (Å²) in [5.41, 5.74) is 0. The molecule has 0 aliphatic rings. The highest BCUT2D eigenvalue weighted by Crippen LogP contribution is 2.15. The number of unbranched alkanes of at least 4 members (excludes halogenated alkanes) is 11. The summed E-state index contributed by atoms with van der Waals surface area (Å²) in [7, 11) is 0. The minimum absolute atomic E-state index is 0.939. The van der Waals surface area contributed by atoms with Gasteiger partial charge in [0.2, 0.25) is 0 Å². The van der Waals surface area contributed by atoms with Gasteiger partial charge in [-0.15, -0.1) is 0 Å². The van der Waals surface area contributed by atoms with Gasteiger partial charge in [-0.25, -0.2) is 0 Å². The average Bonchev–Trinajstić information content (AvgIpc) is 2.39. The van der Waals surface area contributed by atoms with Gasteiger partial charge in [0.25, 0.3) is 0 Å². The van der Waals surface area contributed by atoms with Crippen molar-refractivity contribution in [1.82, 2.24) is 0 Å². The molecule has 0 nitrogen and oxygen atoms in total. The van der Waals surface area contributed by atoms with Crippen LogP contribution in [0.15, 0.2) is 0 Å². The Balaban J connectivity index is 2.94.